The predicted molar refractivity (Wildman–Crippen MR) is 77.5 cm³/mol. The summed E-state index contributed by atoms with van der Waals surface area (Å²) in [6.45, 7) is 0.811. The Morgan fingerprint density at radius 2 is 2.05 bits per heavy atom. The number of benzene rings is 1. The maximum absolute atomic E-state index is 10.9. The zero-order valence-electron chi connectivity index (χ0n) is 10.6. The number of pyridine rings is 1. The number of sulfonamides is 1. The van der Waals surface area contributed by atoms with E-state index in [0.29, 0.717) is 18.8 Å². The average molecular weight is 280 g/mol. The van der Waals surface area contributed by atoms with Crippen LogP contribution < -0.4 is 15.8 Å². The van der Waals surface area contributed by atoms with Gasteiger partial charge in [0.15, 0.2) is 0 Å². The van der Waals surface area contributed by atoms with Gasteiger partial charge in [0.2, 0.25) is 10.0 Å². The SMILES string of the molecule is CS(=O)(=O)NCCNc1ccc(N)c2ncccc12. The van der Waals surface area contributed by atoms with Gasteiger partial charge in [-0.1, -0.05) is 0 Å². The fourth-order valence-corrected chi connectivity index (χ4v) is 2.26. The first-order valence-corrected chi connectivity index (χ1v) is 7.68. The Morgan fingerprint density at radius 3 is 2.79 bits per heavy atom. The second kappa shape index (κ2) is 5.41. The molecule has 0 amide bonds. The van der Waals surface area contributed by atoms with Crippen LogP contribution in [0.5, 0.6) is 0 Å². The predicted octanol–water partition coefficient (Wildman–Crippen LogP) is 0.778. The van der Waals surface area contributed by atoms with E-state index in [1.807, 2.05) is 18.2 Å². The summed E-state index contributed by atoms with van der Waals surface area (Å²) in [5.74, 6) is 0. The molecule has 2 rings (SSSR count). The van der Waals surface area contributed by atoms with Gasteiger partial charge in [0.1, 0.15) is 0 Å². The van der Waals surface area contributed by atoms with Crippen molar-refractivity contribution in [3.8, 4) is 0 Å². The van der Waals surface area contributed by atoms with Gasteiger partial charge >= 0.3 is 0 Å². The minimum Gasteiger partial charge on any atom is -0.397 e. The van der Waals surface area contributed by atoms with E-state index in [4.69, 9.17) is 5.73 Å². The normalized spacial score (nSPS) is 11.6. The van der Waals surface area contributed by atoms with E-state index in [9.17, 15) is 8.42 Å². The van der Waals surface area contributed by atoms with Gasteiger partial charge in [-0.25, -0.2) is 13.1 Å². The van der Waals surface area contributed by atoms with E-state index >= 15 is 0 Å². The zero-order chi connectivity index (χ0) is 13.9. The molecule has 6 nitrogen and oxygen atoms in total. The fraction of sp³-hybridized carbons (Fsp3) is 0.250. The number of nitrogens with two attached hydrogens (primary N) is 1. The largest absolute Gasteiger partial charge is 0.397 e. The average Bonchev–Trinajstić information content (AvgIpc) is 2.36. The summed E-state index contributed by atoms with van der Waals surface area (Å²) in [6.07, 6.45) is 2.82. The molecule has 0 atom stereocenters. The first-order valence-electron chi connectivity index (χ1n) is 5.79. The molecule has 1 heterocycles. The van der Waals surface area contributed by atoms with Crippen molar-refractivity contribution >= 4 is 32.3 Å². The van der Waals surface area contributed by atoms with E-state index in [1.54, 1.807) is 12.3 Å². The van der Waals surface area contributed by atoms with Crippen LogP contribution in [0.15, 0.2) is 30.5 Å². The maximum Gasteiger partial charge on any atom is 0.208 e. The number of hydrogen-bond acceptors (Lipinski definition) is 5. The standard InChI is InChI=1S/C12H16N4O2S/c1-19(17,18)16-8-7-14-11-5-4-10(13)12-9(11)3-2-6-15-12/h2-6,14,16H,7-8,13H2,1H3. The third-order valence-corrected chi connectivity index (χ3v) is 3.33. The highest BCUT2D eigenvalue weighted by Crippen LogP contribution is 2.25. The highest BCUT2D eigenvalue weighted by atomic mass is 32.2. The number of aromatic nitrogens is 1. The van der Waals surface area contributed by atoms with Gasteiger partial charge < -0.3 is 11.1 Å². The molecular weight excluding hydrogens is 264 g/mol. The van der Waals surface area contributed by atoms with Crippen LogP contribution in [0.25, 0.3) is 10.9 Å². The molecule has 102 valence electrons. The lowest BCUT2D eigenvalue weighted by atomic mass is 10.1. The van der Waals surface area contributed by atoms with Crippen molar-refractivity contribution in [3.63, 3.8) is 0 Å². The van der Waals surface area contributed by atoms with E-state index in [-0.39, 0.29) is 0 Å². The zero-order valence-corrected chi connectivity index (χ0v) is 11.4. The summed E-state index contributed by atoms with van der Waals surface area (Å²) < 4.78 is 24.3. The van der Waals surface area contributed by atoms with Crippen LogP contribution >= 0.6 is 0 Å². The monoisotopic (exact) mass is 280 g/mol. The van der Waals surface area contributed by atoms with E-state index in [2.05, 4.69) is 15.0 Å². The highest BCUT2D eigenvalue weighted by Gasteiger charge is 2.04. The molecule has 0 radical (unpaired) electrons. The van der Waals surface area contributed by atoms with Crippen molar-refractivity contribution in [2.45, 2.75) is 0 Å². The van der Waals surface area contributed by atoms with E-state index in [1.165, 1.54) is 0 Å². The van der Waals surface area contributed by atoms with Gasteiger partial charge in [-0.15, -0.1) is 0 Å². The number of nitrogen functional groups attached to an aromatic ring is 1. The smallest absolute Gasteiger partial charge is 0.208 e. The Kier molecular flexibility index (Phi) is 3.87. The Balaban J connectivity index is 2.11. The van der Waals surface area contributed by atoms with Crippen molar-refractivity contribution in [1.29, 1.82) is 0 Å². The molecular formula is C12H16N4O2S. The van der Waals surface area contributed by atoms with Crippen molar-refractivity contribution in [1.82, 2.24) is 9.71 Å². The van der Waals surface area contributed by atoms with Crippen molar-refractivity contribution in [2.75, 3.05) is 30.4 Å². The third-order valence-electron chi connectivity index (χ3n) is 2.61. The van der Waals surface area contributed by atoms with Gasteiger partial charge in [-0.05, 0) is 24.3 Å². The molecule has 0 aliphatic carbocycles. The Bertz CT molecular complexity index is 685. The van der Waals surface area contributed by atoms with Crippen molar-refractivity contribution in [2.24, 2.45) is 0 Å². The minimum atomic E-state index is -3.15. The Morgan fingerprint density at radius 1 is 1.26 bits per heavy atom. The maximum atomic E-state index is 10.9. The topological polar surface area (TPSA) is 97.1 Å². The van der Waals surface area contributed by atoms with Crippen LogP contribution in [0.4, 0.5) is 11.4 Å². The highest BCUT2D eigenvalue weighted by molar-refractivity contribution is 7.88. The lowest BCUT2D eigenvalue weighted by molar-refractivity contribution is 0.589. The molecule has 1 aromatic heterocycles. The van der Waals surface area contributed by atoms with E-state index in [0.717, 1.165) is 22.8 Å². The van der Waals surface area contributed by atoms with Crippen LogP contribution in [0.1, 0.15) is 0 Å². The number of nitrogens with one attached hydrogen (secondary N) is 2. The van der Waals surface area contributed by atoms with Crippen molar-refractivity contribution in [3.05, 3.63) is 30.5 Å². The lowest BCUT2D eigenvalue weighted by Crippen LogP contribution is -2.27. The molecule has 0 unspecified atom stereocenters. The minimum absolute atomic E-state index is 0.324. The van der Waals surface area contributed by atoms with Crippen LogP contribution in [-0.4, -0.2) is 32.7 Å². The molecule has 0 aliphatic rings. The quantitative estimate of drug-likeness (QED) is 0.555. The number of hydrogen-bond donors (Lipinski definition) is 3. The molecule has 0 saturated carbocycles. The number of nitrogens with zero attached hydrogens (tertiary/aromatic N) is 1. The van der Waals surface area contributed by atoms with Crippen LogP contribution in [0, 0.1) is 0 Å². The summed E-state index contributed by atoms with van der Waals surface area (Å²) in [7, 11) is -3.15. The Labute approximate surface area is 112 Å². The van der Waals surface area contributed by atoms with Gasteiger partial charge in [0.25, 0.3) is 0 Å². The molecule has 7 heteroatoms. The second-order valence-electron chi connectivity index (χ2n) is 4.20. The summed E-state index contributed by atoms with van der Waals surface area (Å²) in [6, 6.07) is 7.40. The van der Waals surface area contributed by atoms with Crippen LogP contribution in [-0.2, 0) is 10.0 Å². The van der Waals surface area contributed by atoms with Crippen LogP contribution in [0.3, 0.4) is 0 Å². The lowest BCUT2D eigenvalue weighted by Gasteiger charge is -2.10. The van der Waals surface area contributed by atoms with E-state index < -0.39 is 10.0 Å². The molecule has 2 aromatic rings. The fourth-order valence-electron chi connectivity index (χ4n) is 1.78. The molecule has 1 aromatic carbocycles. The summed E-state index contributed by atoms with van der Waals surface area (Å²) >= 11 is 0. The molecule has 4 N–H and O–H groups in total. The van der Waals surface area contributed by atoms with Crippen molar-refractivity contribution < 1.29 is 8.42 Å². The first-order chi connectivity index (χ1) is 8.97. The first kappa shape index (κ1) is 13.6. The van der Waals surface area contributed by atoms with Crippen LogP contribution in [0.2, 0.25) is 0 Å². The number of anilines is 2. The molecule has 0 aliphatic heterocycles. The van der Waals surface area contributed by atoms with Gasteiger partial charge in [0.05, 0.1) is 17.5 Å². The molecule has 19 heavy (non-hydrogen) atoms. The summed E-state index contributed by atoms with van der Waals surface area (Å²) in [4.78, 5) is 4.23. The molecule has 0 saturated heterocycles. The summed E-state index contributed by atoms with van der Waals surface area (Å²) in [5, 5.41) is 4.08. The molecule has 0 spiro atoms. The van der Waals surface area contributed by atoms with Gasteiger partial charge in [-0.2, -0.15) is 0 Å². The van der Waals surface area contributed by atoms with Gasteiger partial charge in [0, 0.05) is 30.4 Å². The number of fused-ring (bicyclic) bond motifs is 1. The second-order valence-corrected chi connectivity index (χ2v) is 6.03. The Hall–Kier alpha value is -1.86. The summed E-state index contributed by atoms with van der Waals surface area (Å²) in [5.41, 5.74) is 8.10. The third kappa shape index (κ3) is 3.55. The number of rotatable bonds is 5. The molecule has 0 fully saturated rings. The van der Waals surface area contributed by atoms with Gasteiger partial charge in [-0.3, -0.25) is 4.98 Å². The molecule has 0 bridgehead atoms.